The van der Waals surface area contributed by atoms with E-state index in [9.17, 15) is 22.8 Å². The lowest BCUT2D eigenvalue weighted by molar-refractivity contribution is -0.145. The summed E-state index contributed by atoms with van der Waals surface area (Å²) in [6.45, 7) is 4.10. The molecule has 1 aromatic carbocycles. The Kier molecular flexibility index (Phi) is 8.17. The normalized spacial score (nSPS) is 21.5. The van der Waals surface area contributed by atoms with Gasteiger partial charge in [0.15, 0.2) is 10.9 Å². The van der Waals surface area contributed by atoms with E-state index in [0.717, 1.165) is 24.6 Å². The van der Waals surface area contributed by atoms with Crippen LogP contribution in [0.1, 0.15) is 44.7 Å². The number of carbonyl (C=O) groups is 2. The summed E-state index contributed by atoms with van der Waals surface area (Å²) in [5.74, 6) is -1.18. The molecule has 8 nitrogen and oxygen atoms in total. The number of alkyl halides is 3. The minimum atomic E-state index is -4.92. The van der Waals surface area contributed by atoms with Crippen molar-refractivity contribution in [2.24, 2.45) is 4.99 Å². The number of amidine groups is 1. The number of thioether (sulfide) groups is 1. The predicted octanol–water partition coefficient (Wildman–Crippen LogP) is 4.45. The van der Waals surface area contributed by atoms with Crippen LogP contribution in [0.4, 0.5) is 13.2 Å². The van der Waals surface area contributed by atoms with E-state index in [0.29, 0.717) is 24.4 Å². The molecule has 3 aliphatic heterocycles. The van der Waals surface area contributed by atoms with Gasteiger partial charge in [0.05, 0.1) is 37.4 Å². The number of hydrogen-bond acceptors (Lipinski definition) is 8. The molecule has 12 heteroatoms. The molecule has 0 unspecified atom stereocenters. The highest BCUT2D eigenvalue weighted by molar-refractivity contribution is 8.16. The first kappa shape index (κ1) is 27.1. The SMILES string of the molecule is COc1ccccc1[C@@H]1C(C(=O)OC(C)C)=C(C(F)(F)F)N=C2SC=C(CC(=O)NC[C@H]3CCCO3)N21. The van der Waals surface area contributed by atoms with Gasteiger partial charge in [-0.25, -0.2) is 9.79 Å². The fourth-order valence-corrected chi connectivity index (χ4v) is 5.32. The number of halogens is 3. The summed E-state index contributed by atoms with van der Waals surface area (Å²) in [6.07, 6.45) is -3.99. The summed E-state index contributed by atoms with van der Waals surface area (Å²) in [7, 11) is 1.39. The third-order valence-electron chi connectivity index (χ3n) is 5.97. The number of carbonyl (C=O) groups excluding carboxylic acids is 2. The standard InChI is InChI=1S/C25H28F3N3O5S/c1-14(2)36-23(33)20-21(17-8-4-5-9-18(17)34-3)31-15(11-19(32)29-12-16-7-6-10-35-16)13-37-24(31)30-22(20)25(26,27)28/h4-5,8-9,13-14,16,21H,6-7,10-12H2,1-3H3,(H,29,32)/t16-,21-/m1/s1. The molecule has 1 N–H and O–H groups in total. The van der Waals surface area contributed by atoms with E-state index >= 15 is 0 Å². The number of nitrogens with zero attached hydrogens (tertiary/aromatic N) is 2. The van der Waals surface area contributed by atoms with Crippen LogP contribution in [0.5, 0.6) is 5.75 Å². The average molecular weight is 540 g/mol. The minimum Gasteiger partial charge on any atom is -0.496 e. The molecule has 3 heterocycles. The van der Waals surface area contributed by atoms with E-state index in [4.69, 9.17) is 14.2 Å². The molecule has 0 radical (unpaired) electrons. The van der Waals surface area contributed by atoms with Crippen LogP contribution in [-0.4, -0.2) is 60.6 Å². The van der Waals surface area contributed by atoms with Crippen LogP contribution in [0.3, 0.4) is 0 Å². The van der Waals surface area contributed by atoms with Gasteiger partial charge in [-0.15, -0.1) is 0 Å². The summed E-state index contributed by atoms with van der Waals surface area (Å²) in [5.41, 5.74) is -1.28. The number of methoxy groups -OCH3 is 1. The quantitative estimate of drug-likeness (QED) is 0.489. The van der Waals surface area contributed by atoms with E-state index in [1.165, 1.54) is 12.0 Å². The van der Waals surface area contributed by atoms with Crippen molar-refractivity contribution in [2.45, 2.75) is 57.5 Å². The smallest absolute Gasteiger partial charge is 0.434 e. The van der Waals surface area contributed by atoms with Crippen molar-refractivity contribution in [1.29, 1.82) is 0 Å². The topological polar surface area (TPSA) is 89.5 Å². The van der Waals surface area contributed by atoms with Crippen LogP contribution in [0.25, 0.3) is 0 Å². The molecule has 0 aromatic heterocycles. The largest absolute Gasteiger partial charge is 0.496 e. The fraction of sp³-hybridized carbons (Fsp3) is 0.480. The molecular weight excluding hydrogens is 511 g/mol. The zero-order chi connectivity index (χ0) is 26.7. The Bertz CT molecular complexity index is 1140. The number of amides is 1. The molecule has 3 aliphatic rings. The molecule has 0 saturated carbocycles. The van der Waals surface area contributed by atoms with Gasteiger partial charge in [0.2, 0.25) is 5.91 Å². The number of allylic oxidation sites excluding steroid dienone is 1. The molecule has 0 spiro atoms. The van der Waals surface area contributed by atoms with Gasteiger partial charge < -0.3 is 24.4 Å². The molecule has 1 aromatic rings. The summed E-state index contributed by atoms with van der Waals surface area (Å²) < 4.78 is 59.0. The number of fused-ring (bicyclic) bond motifs is 1. The highest BCUT2D eigenvalue weighted by atomic mass is 32.2. The highest BCUT2D eigenvalue weighted by Gasteiger charge is 2.50. The molecule has 4 rings (SSSR count). The Labute approximate surface area is 216 Å². The Hall–Kier alpha value is -2.99. The third-order valence-corrected chi connectivity index (χ3v) is 6.86. The second kappa shape index (κ2) is 11.2. The van der Waals surface area contributed by atoms with E-state index in [1.54, 1.807) is 43.5 Å². The van der Waals surface area contributed by atoms with Crippen LogP contribution in [0, 0.1) is 0 Å². The maximum absolute atomic E-state index is 14.2. The van der Waals surface area contributed by atoms with Crippen molar-refractivity contribution in [1.82, 2.24) is 10.2 Å². The number of aliphatic imine (C=N–C) groups is 1. The zero-order valence-corrected chi connectivity index (χ0v) is 21.4. The van der Waals surface area contributed by atoms with E-state index in [-0.39, 0.29) is 29.3 Å². The summed E-state index contributed by atoms with van der Waals surface area (Å²) in [5, 5.41) is 4.42. The van der Waals surface area contributed by atoms with Crippen molar-refractivity contribution in [2.75, 3.05) is 20.3 Å². The minimum absolute atomic E-state index is 0.00579. The van der Waals surface area contributed by atoms with Crippen molar-refractivity contribution in [3.8, 4) is 5.75 Å². The second-order valence-corrected chi connectivity index (χ2v) is 9.80. The lowest BCUT2D eigenvalue weighted by Crippen LogP contribution is -2.41. The molecule has 1 saturated heterocycles. The molecular formula is C25H28F3N3O5S. The van der Waals surface area contributed by atoms with Gasteiger partial charge in [-0.05, 0) is 38.2 Å². The van der Waals surface area contributed by atoms with E-state index in [2.05, 4.69) is 10.3 Å². The first-order valence-electron chi connectivity index (χ1n) is 11.9. The van der Waals surface area contributed by atoms with E-state index < -0.39 is 35.6 Å². The van der Waals surface area contributed by atoms with Gasteiger partial charge in [0.1, 0.15) is 5.75 Å². The summed E-state index contributed by atoms with van der Waals surface area (Å²) >= 11 is 0.961. The number of rotatable bonds is 8. The number of para-hydroxylation sites is 1. The van der Waals surface area contributed by atoms with Gasteiger partial charge in [0.25, 0.3) is 0 Å². The van der Waals surface area contributed by atoms with Crippen LogP contribution in [0.15, 0.2) is 51.6 Å². The first-order valence-corrected chi connectivity index (χ1v) is 12.7. The predicted molar refractivity (Wildman–Crippen MR) is 132 cm³/mol. The van der Waals surface area contributed by atoms with Gasteiger partial charge in [-0.3, -0.25) is 4.79 Å². The van der Waals surface area contributed by atoms with Crippen LogP contribution in [-0.2, 0) is 19.1 Å². The summed E-state index contributed by atoms with van der Waals surface area (Å²) in [6, 6.07) is 5.22. The Balaban J connectivity index is 1.74. The number of esters is 1. The van der Waals surface area contributed by atoms with Crippen molar-refractivity contribution >= 4 is 28.8 Å². The Morgan fingerprint density at radius 3 is 2.70 bits per heavy atom. The number of benzene rings is 1. The maximum atomic E-state index is 14.2. The van der Waals surface area contributed by atoms with Crippen LogP contribution < -0.4 is 10.1 Å². The number of nitrogens with one attached hydrogen (secondary N) is 1. The first-order chi connectivity index (χ1) is 17.6. The third kappa shape index (κ3) is 5.96. The van der Waals surface area contributed by atoms with E-state index in [1.807, 2.05) is 0 Å². The van der Waals surface area contributed by atoms with Crippen LogP contribution >= 0.6 is 11.8 Å². The fourth-order valence-electron chi connectivity index (χ4n) is 4.40. The molecule has 1 fully saturated rings. The number of ether oxygens (including phenoxy) is 3. The lowest BCUT2D eigenvalue weighted by Gasteiger charge is -2.37. The van der Waals surface area contributed by atoms with Gasteiger partial charge >= 0.3 is 12.1 Å². The molecule has 200 valence electrons. The highest BCUT2D eigenvalue weighted by Crippen LogP contribution is 2.49. The average Bonchev–Trinajstić information content (AvgIpc) is 3.51. The monoisotopic (exact) mass is 539 g/mol. The van der Waals surface area contributed by atoms with Crippen molar-refractivity contribution < 1.29 is 37.0 Å². The molecule has 0 bridgehead atoms. The lowest BCUT2D eigenvalue weighted by atomic mass is 9.92. The zero-order valence-electron chi connectivity index (χ0n) is 20.6. The molecule has 2 atom stereocenters. The molecule has 1 amide bonds. The Morgan fingerprint density at radius 1 is 1.30 bits per heavy atom. The van der Waals surface area contributed by atoms with Gasteiger partial charge in [-0.1, -0.05) is 30.0 Å². The molecule has 0 aliphatic carbocycles. The van der Waals surface area contributed by atoms with Gasteiger partial charge in [-0.2, -0.15) is 13.2 Å². The van der Waals surface area contributed by atoms with Crippen molar-refractivity contribution in [3.63, 3.8) is 0 Å². The Morgan fingerprint density at radius 2 is 2.05 bits per heavy atom. The molecule has 37 heavy (non-hydrogen) atoms. The maximum Gasteiger partial charge on any atom is 0.434 e. The number of hydrogen-bond donors (Lipinski definition) is 1. The summed E-state index contributed by atoms with van der Waals surface area (Å²) in [4.78, 5) is 31.3. The van der Waals surface area contributed by atoms with Crippen molar-refractivity contribution in [3.05, 3.63) is 52.2 Å². The van der Waals surface area contributed by atoms with Gasteiger partial charge in [0, 0.05) is 24.4 Å². The second-order valence-electron chi connectivity index (χ2n) is 8.97. The van der Waals surface area contributed by atoms with Crippen LogP contribution in [0.2, 0.25) is 0 Å².